The normalized spacial score (nSPS) is 11.2. The standard InChI is InChI=1S/C15H16ClNO3S/c1-11-8-15(20-2)13(16)9-14(11)17-21(18,19)10-12-6-4-3-5-7-12/h3-9,17H,10H2,1-2H3. The van der Waals surface area contributed by atoms with Crippen LogP contribution in [0.1, 0.15) is 11.1 Å². The van der Waals surface area contributed by atoms with Crippen LogP contribution < -0.4 is 9.46 Å². The van der Waals surface area contributed by atoms with Crippen LogP contribution in [0.4, 0.5) is 5.69 Å². The second-order valence-corrected chi connectivity index (χ2v) is 6.78. The quantitative estimate of drug-likeness (QED) is 0.913. The van der Waals surface area contributed by atoms with Gasteiger partial charge in [-0.05, 0) is 30.2 Å². The second-order valence-electron chi connectivity index (χ2n) is 4.65. The van der Waals surface area contributed by atoms with Crippen molar-refractivity contribution < 1.29 is 13.2 Å². The van der Waals surface area contributed by atoms with Gasteiger partial charge in [-0.2, -0.15) is 0 Å². The molecule has 2 rings (SSSR count). The lowest BCUT2D eigenvalue weighted by Gasteiger charge is -2.13. The van der Waals surface area contributed by atoms with E-state index in [1.165, 1.54) is 7.11 Å². The first kappa shape index (κ1) is 15.7. The van der Waals surface area contributed by atoms with Crippen molar-refractivity contribution in [3.63, 3.8) is 0 Å². The van der Waals surface area contributed by atoms with E-state index in [1.807, 2.05) is 6.07 Å². The first-order valence-electron chi connectivity index (χ1n) is 6.30. The molecule has 4 nitrogen and oxygen atoms in total. The van der Waals surface area contributed by atoms with Gasteiger partial charge in [0.15, 0.2) is 0 Å². The summed E-state index contributed by atoms with van der Waals surface area (Å²) in [6.07, 6.45) is 0. The summed E-state index contributed by atoms with van der Waals surface area (Å²) in [4.78, 5) is 0. The van der Waals surface area contributed by atoms with Crippen LogP contribution in [0.3, 0.4) is 0 Å². The van der Waals surface area contributed by atoms with Crippen LogP contribution in [0.25, 0.3) is 0 Å². The number of anilines is 1. The summed E-state index contributed by atoms with van der Waals surface area (Å²) >= 11 is 6.03. The first-order valence-corrected chi connectivity index (χ1v) is 8.33. The molecule has 0 bridgehead atoms. The topological polar surface area (TPSA) is 55.4 Å². The van der Waals surface area contributed by atoms with Crippen LogP contribution in [0.2, 0.25) is 5.02 Å². The molecule has 1 N–H and O–H groups in total. The van der Waals surface area contributed by atoms with Gasteiger partial charge < -0.3 is 4.74 Å². The lowest BCUT2D eigenvalue weighted by Crippen LogP contribution is -2.15. The van der Waals surface area contributed by atoms with Crippen LogP contribution in [0.15, 0.2) is 42.5 Å². The van der Waals surface area contributed by atoms with Crippen molar-refractivity contribution in [2.45, 2.75) is 12.7 Å². The maximum atomic E-state index is 12.2. The molecule has 0 heterocycles. The molecule has 0 saturated carbocycles. The van der Waals surface area contributed by atoms with E-state index in [9.17, 15) is 8.42 Å². The van der Waals surface area contributed by atoms with Crippen molar-refractivity contribution in [3.8, 4) is 5.75 Å². The van der Waals surface area contributed by atoms with Gasteiger partial charge in [-0.25, -0.2) is 8.42 Å². The lowest BCUT2D eigenvalue weighted by atomic mass is 10.2. The summed E-state index contributed by atoms with van der Waals surface area (Å²) in [6, 6.07) is 12.2. The average molecular weight is 326 g/mol. The molecule has 6 heteroatoms. The number of sulfonamides is 1. The number of rotatable bonds is 5. The Morgan fingerprint density at radius 2 is 1.86 bits per heavy atom. The van der Waals surface area contributed by atoms with E-state index >= 15 is 0 Å². The molecule has 0 spiro atoms. The molecule has 0 aromatic heterocycles. The lowest BCUT2D eigenvalue weighted by molar-refractivity contribution is 0.415. The van der Waals surface area contributed by atoms with Gasteiger partial charge in [-0.1, -0.05) is 41.9 Å². The van der Waals surface area contributed by atoms with Gasteiger partial charge in [0, 0.05) is 0 Å². The zero-order valence-corrected chi connectivity index (χ0v) is 13.3. The number of halogens is 1. The number of nitrogens with one attached hydrogen (secondary N) is 1. The number of hydrogen-bond donors (Lipinski definition) is 1. The van der Waals surface area contributed by atoms with Gasteiger partial charge in [-0.3, -0.25) is 4.72 Å². The number of ether oxygens (including phenoxy) is 1. The minimum atomic E-state index is -3.50. The molecule has 2 aromatic rings. The van der Waals surface area contributed by atoms with Gasteiger partial charge in [-0.15, -0.1) is 0 Å². The molecule has 0 saturated heterocycles. The van der Waals surface area contributed by atoms with Crippen molar-refractivity contribution in [1.82, 2.24) is 0 Å². The Bertz CT molecular complexity index is 730. The van der Waals surface area contributed by atoms with E-state index in [4.69, 9.17) is 16.3 Å². The fraction of sp³-hybridized carbons (Fsp3) is 0.200. The minimum Gasteiger partial charge on any atom is -0.495 e. The molecule has 0 unspecified atom stereocenters. The zero-order chi connectivity index (χ0) is 15.5. The highest BCUT2D eigenvalue weighted by Crippen LogP contribution is 2.31. The average Bonchev–Trinajstić information content (AvgIpc) is 2.42. The summed E-state index contributed by atoms with van der Waals surface area (Å²) in [5, 5.41) is 0.362. The van der Waals surface area contributed by atoms with Crippen LogP contribution in [0, 0.1) is 6.92 Å². The summed E-state index contributed by atoms with van der Waals surface area (Å²) in [5.41, 5.74) is 1.92. The van der Waals surface area contributed by atoms with Crippen LogP contribution in [0.5, 0.6) is 5.75 Å². The Balaban J connectivity index is 2.23. The van der Waals surface area contributed by atoms with Crippen molar-refractivity contribution in [2.24, 2.45) is 0 Å². The van der Waals surface area contributed by atoms with Gasteiger partial charge in [0.25, 0.3) is 0 Å². The molecular formula is C15H16ClNO3S. The summed E-state index contributed by atoms with van der Waals surface area (Å²) in [5.74, 6) is 0.428. The Morgan fingerprint density at radius 3 is 2.48 bits per heavy atom. The Kier molecular flexibility index (Phi) is 4.75. The van der Waals surface area contributed by atoms with E-state index in [0.29, 0.717) is 16.5 Å². The highest BCUT2D eigenvalue weighted by atomic mass is 35.5. The van der Waals surface area contributed by atoms with E-state index in [1.54, 1.807) is 43.3 Å². The maximum Gasteiger partial charge on any atom is 0.236 e. The fourth-order valence-corrected chi connectivity index (χ4v) is 3.42. The Morgan fingerprint density at radius 1 is 1.19 bits per heavy atom. The Hall–Kier alpha value is -1.72. The van der Waals surface area contributed by atoms with E-state index < -0.39 is 10.0 Å². The predicted molar refractivity (Wildman–Crippen MR) is 85.4 cm³/mol. The molecule has 0 radical (unpaired) electrons. The van der Waals surface area contributed by atoms with Gasteiger partial charge in [0.2, 0.25) is 10.0 Å². The number of methoxy groups -OCH3 is 1. The summed E-state index contributed by atoms with van der Waals surface area (Å²) in [7, 11) is -1.98. The van der Waals surface area contributed by atoms with Crippen molar-refractivity contribution in [3.05, 3.63) is 58.6 Å². The Labute approximate surface area is 129 Å². The highest BCUT2D eigenvalue weighted by Gasteiger charge is 2.14. The van der Waals surface area contributed by atoms with E-state index in [-0.39, 0.29) is 5.75 Å². The third-order valence-corrected chi connectivity index (χ3v) is 4.50. The molecule has 0 aliphatic rings. The van der Waals surface area contributed by atoms with Gasteiger partial charge in [0.05, 0.1) is 23.6 Å². The predicted octanol–water partition coefficient (Wildman–Crippen LogP) is 3.60. The number of hydrogen-bond acceptors (Lipinski definition) is 3. The number of aryl methyl sites for hydroxylation is 1. The molecule has 0 aliphatic heterocycles. The molecule has 2 aromatic carbocycles. The summed E-state index contributed by atoms with van der Waals surface area (Å²) in [6.45, 7) is 1.79. The molecule has 0 aliphatic carbocycles. The largest absolute Gasteiger partial charge is 0.495 e. The van der Waals surface area contributed by atoms with Crippen LogP contribution >= 0.6 is 11.6 Å². The number of benzene rings is 2. The van der Waals surface area contributed by atoms with Crippen LogP contribution in [-0.4, -0.2) is 15.5 Å². The van der Waals surface area contributed by atoms with E-state index in [2.05, 4.69) is 4.72 Å². The SMILES string of the molecule is COc1cc(C)c(NS(=O)(=O)Cc2ccccc2)cc1Cl. The van der Waals surface area contributed by atoms with Gasteiger partial charge in [0.1, 0.15) is 5.75 Å². The van der Waals surface area contributed by atoms with Crippen molar-refractivity contribution in [2.75, 3.05) is 11.8 Å². The van der Waals surface area contributed by atoms with Crippen molar-refractivity contribution in [1.29, 1.82) is 0 Å². The molecule has 112 valence electrons. The molecule has 21 heavy (non-hydrogen) atoms. The first-order chi connectivity index (χ1) is 9.91. The molecule has 0 amide bonds. The van der Waals surface area contributed by atoms with Crippen molar-refractivity contribution >= 4 is 27.3 Å². The third kappa shape index (κ3) is 4.12. The third-order valence-electron chi connectivity index (χ3n) is 2.96. The van der Waals surface area contributed by atoms with Gasteiger partial charge >= 0.3 is 0 Å². The maximum absolute atomic E-state index is 12.2. The second kappa shape index (κ2) is 6.37. The fourth-order valence-electron chi connectivity index (χ4n) is 1.92. The van der Waals surface area contributed by atoms with E-state index in [0.717, 1.165) is 11.1 Å². The molecular weight excluding hydrogens is 310 g/mol. The highest BCUT2D eigenvalue weighted by molar-refractivity contribution is 7.91. The van der Waals surface area contributed by atoms with Crippen LogP contribution in [-0.2, 0) is 15.8 Å². The monoisotopic (exact) mass is 325 g/mol. The minimum absolute atomic E-state index is 0.0864. The zero-order valence-electron chi connectivity index (χ0n) is 11.8. The smallest absolute Gasteiger partial charge is 0.236 e. The molecule has 0 atom stereocenters. The molecule has 0 fully saturated rings. The summed E-state index contributed by atoms with van der Waals surface area (Å²) < 4.78 is 32.1.